The topological polar surface area (TPSA) is 66.0 Å². The highest BCUT2D eigenvalue weighted by molar-refractivity contribution is 9.10. The second kappa shape index (κ2) is 6.58. The fourth-order valence-electron chi connectivity index (χ4n) is 2.59. The predicted molar refractivity (Wildman–Crippen MR) is 93.2 cm³/mol. The maximum absolute atomic E-state index is 11.1. The van der Waals surface area contributed by atoms with Crippen LogP contribution in [0.5, 0.6) is 0 Å². The maximum atomic E-state index is 11.1. The van der Waals surface area contributed by atoms with Gasteiger partial charge in [-0.1, -0.05) is 6.07 Å². The van der Waals surface area contributed by atoms with E-state index >= 15 is 0 Å². The number of hydrogen-bond donors (Lipinski definition) is 1. The lowest BCUT2D eigenvalue weighted by Crippen LogP contribution is -2.17. The lowest BCUT2D eigenvalue weighted by Gasteiger charge is -2.13. The highest BCUT2D eigenvalue weighted by atomic mass is 79.9. The van der Waals surface area contributed by atoms with Crippen molar-refractivity contribution < 1.29 is 14.3 Å². The number of aryl methyl sites for hydroxylation is 1. The molecule has 5 nitrogen and oxygen atoms in total. The van der Waals surface area contributed by atoms with Crippen LogP contribution in [0.25, 0.3) is 0 Å². The fraction of sp³-hybridized carbons (Fsp3) is 0.294. The van der Waals surface area contributed by atoms with Crippen molar-refractivity contribution >= 4 is 39.7 Å². The van der Waals surface area contributed by atoms with E-state index in [9.17, 15) is 4.79 Å². The minimum Gasteiger partial charge on any atom is -0.478 e. The lowest BCUT2D eigenvalue weighted by atomic mass is 10.1. The standard InChI is InChI=1S/C17H17BrN2O3/c1-11-4-5-12(17(21)22)8-15(11)19-10-13-9-14(18)16(23-13)20-6-2-3-7-20/h4-5,8-10H,2-3,6-7H2,1H3,(H,21,22). The average molecular weight is 377 g/mol. The van der Waals surface area contributed by atoms with Crippen molar-refractivity contribution in [2.45, 2.75) is 19.8 Å². The number of benzene rings is 1. The van der Waals surface area contributed by atoms with Crippen LogP contribution < -0.4 is 4.90 Å². The molecule has 120 valence electrons. The van der Waals surface area contributed by atoms with Crippen LogP contribution in [0.15, 0.2) is 38.1 Å². The molecule has 0 radical (unpaired) electrons. The first-order valence-electron chi connectivity index (χ1n) is 7.47. The van der Waals surface area contributed by atoms with Crippen molar-refractivity contribution in [2.75, 3.05) is 18.0 Å². The van der Waals surface area contributed by atoms with E-state index in [0.717, 1.165) is 29.0 Å². The molecule has 1 N–H and O–H groups in total. The fourth-order valence-corrected chi connectivity index (χ4v) is 3.15. The first-order chi connectivity index (χ1) is 11.0. The number of aromatic carboxylic acids is 1. The van der Waals surface area contributed by atoms with Gasteiger partial charge in [0, 0.05) is 19.2 Å². The summed E-state index contributed by atoms with van der Waals surface area (Å²) in [6, 6.07) is 6.77. The van der Waals surface area contributed by atoms with Gasteiger partial charge in [0.1, 0.15) is 5.76 Å². The number of carboxylic acids is 1. The molecule has 0 spiro atoms. The summed E-state index contributed by atoms with van der Waals surface area (Å²) in [4.78, 5) is 17.6. The van der Waals surface area contributed by atoms with E-state index in [1.54, 1.807) is 24.4 Å². The summed E-state index contributed by atoms with van der Waals surface area (Å²) in [5.41, 5.74) is 1.76. The molecule has 1 aliphatic heterocycles. The Balaban J connectivity index is 1.84. The Morgan fingerprint density at radius 2 is 2.09 bits per heavy atom. The molecular formula is C17H17BrN2O3. The van der Waals surface area contributed by atoms with Gasteiger partial charge in [-0.25, -0.2) is 4.79 Å². The number of halogens is 1. The van der Waals surface area contributed by atoms with E-state index in [0.29, 0.717) is 11.4 Å². The van der Waals surface area contributed by atoms with Gasteiger partial charge in [-0.3, -0.25) is 4.99 Å². The summed E-state index contributed by atoms with van der Waals surface area (Å²) >= 11 is 3.52. The third-order valence-electron chi connectivity index (χ3n) is 3.87. The average Bonchev–Trinajstić information content (AvgIpc) is 3.15. The molecule has 0 atom stereocenters. The molecule has 6 heteroatoms. The Labute approximate surface area is 142 Å². The summed E-state index contributed by atoms with van der Waals surface area (Å²) in [6.07, 6.45) is 3.98. The van der Waals surface area contributed by atoms with Crippen LogP contribution in [0.4, 0.5) is 11.6 Å². The molecule has 0 bridgehead atoms. The highest BCUT2D eigenvalue weighted by Crippen LogP contribution is 2.32. The predicted octanol–water partition coefficient (Wildman–Crippen LogP) is 4.40. The van der Waals surface area contributed by atoms with Gasteiger partial charge < -0.3 is 14.4 Å². The van der Waals surface area contributed by atoms with Crippen LogP contribution in [0.2, 0.25) is 0 Å². The number of hydrogen-bond acceptors (Lipinski definition) is 4. The zero-order valence-corrected chi connectivity index (χ0v) is 14.3. The summed E-state index contributed by atoms with van der Waals surface area (Å²) in [7, 11) is 0. The number of carboxylic acid groups (broad SMARTS) is 1. The van der Waals surface area contributed by atoms with Gasteiger partial charge in [-0.2, -0.15) is 0 Å². The second-order valence-electron chi connectivity index (χ2n) is 5.56. The van der Waals surface area contributed by atoms with E-state index in [1.165, 1.54) is 12.8 Å². The van der Waals surface area contributed by atoms with Crippen LogP contribution in [-0.4, -0.2) is 30.4 Å². The van der Waals surface area contributed by atoms with E-state index < -0.39 is 5.97 Å². The Morgan fingerprint density at radius 3 is 2.78 bits per heavy atom. The van der Waals surface area contributed by atoms with Gasteiger partial charge >= 0.3 is 5.97 Å². The Bertz CT molecular complexity index is 761. The van der Waals surface area contributed by atoms with E-state index in [4.69, 9.17) is 9.52 Å². The summed E-state index contributed by atoms with van der Waals surface area (Å²) in [5.74, 6) is 0.511. The Morgan fingerprint density at radius 1 is 1.35 bits per heavy atom. The van der Waals surface area contributed by atoms with E-state index in [2.05, 4.69) is 25.8 Å². The SMILES string of the molecule is Cc1ccc(C(=O)O)cc1N=Cc1cc(Br)c(N2CCCC2)o1. The molecule has 3 rings (SSSR count). The number of rotatable bonds is 4. The smallest absolute Gasteiger partial charge is 0.335 e. The third kappa shape index (κ3) is 3.47. The molecule has 0 amide bonds. The summed E-state index contributed by atoms with van der Waals surface area (Å²) in [6.45, 7) is 3.90. The Kier molecular flexibility index (Phi) is 4.52. The minimum absolute atomic E-state index is 0.223. The van der Waals surface area contributed by atoms with Gasteiger partial charge in [0.05, 0.1) is 21.9 Å². The first-order valence-corrected chi connectivity index (χ1v) is 8.26. The Hall–Kier alpha value is -2.08. The molecule has 1 saturated heterocycles. The van der Waals surface area contributed by atoms with Gasteiger partial charge in [0.15, 0.2) is 0 Å². The van der Waals surface area contributed by atoms with Gasteiger partial charge in [0.25, 0.3) is 0 Å². The van der Waals surface area contributed by atoms with Crippen molar-refractivity contribution in [2.24, 2.45) is 4.99 Å². The van der Waals surface area contributed by atoms with Crippen LogP contribution in [0, 0.1) is 6.92 Å². The summed E-state index contributed by atoms with van der Waals surface area (Å²) < 4.78 is 6.76. The van der Waals surface area contributed by atoms with E-state index in [1.807, 2.05) is 13.0 Å². The minimum atomic E-state index is -0.960. The van der Waals surface area contributed by atoms with Crippen molar-refractivity contribution in [3.63, 3.8) is 0 Å². The molecule has 0 aliphatic carbocycles. The van der Waals surface area contributed by atoms with E-state index in [-0.39, 0.29) is 5.56 Å². The molecule has 1 fully saturated rings. The van der Waals surface area contributed by atoms with Crippen LogP contribution >= 0.6 is 15.9 Å². The van der Waals surface area contributed by atoms with Crippen LogP contribution in [-0.2, 0) is 0 Å². The maximum Gasteiger partial charge on any atom is 0.335 e. The summed E-state index contributed by atoms with van der Waals surface area (Å²) in [5, 5.41) is 9.06. The number of nitrogens with zero attached hydrogens (tertiary/aromatic N) is 2. The van der Waals surface area contributed by atoms with Gasteiger partial charge in [-0.05, 0) is 53.4 Å². The highest BCUT2D eigenvalue weighted by Gasteiger charge is 2.19. The van der Waals surface area contributed by atoms with Crippen LogP contribution in [0.3, 0.4) is 0 Å². The van der Waals surface area contributed by atoms with Gasteiger partial charge in [0.2, 0.25) is 5.88 Å². The molecule has 1 aliphatic rings. The zero-order chi connectivity index (χ0) is 16.4. The van der Waals surface area contributed by atoms with Crippen LogP contribution in [0.1, 0.15) is 34.5 Å². The molecular weight excluding hydrogens is 360 g/mol. The number of carbonyl (C=O) groups is 1. The number of anilines is 1. The van der Waals surface area contributed by atoms with Crippen molar-refractivity contribution in [3.8, 4) is 0 Å². The molecule has 0 unspecified atom stereocenters. The third-order valence-corrected chi connectivity index (χ3v) is 4.44. The molecule has 23 heavy (non-hydrogen) atoms. The lowest BCUT2D eigenvalue weighted by molar-refractivity contribution is 0.0697. The molecule has 1 aromatic carbocycles. The quantitative estimate of drug-likeness (QED) is 0.803. The molecule has 2 aromatic rings. The molecule has 2 heterocycles. The van der Waals surface area contributed by atoms with Crippen molar-refractivity contribution in [3.05, 3.63) is 45.6 Å². The van der Waals surface area contributed by atoms with Crippen molar-refractivity contribution in [1.29, 1.82) is 0 Å². The molecule has 0 saturated carbocycles. The van der Waals surface area contributed by atoms with Gasteiger partial charge in [-0.15, -0.1) is 0 Å². The number of furan rings is 1. The largest absolute Gasteiger partial charge is 0.478 e. The molecule has 1 aromatic heterocycles. The monoisotopic (exact) mass is 376 g/mol. The normalized spacial score (nSPS) is 14.8. The second-order valence-corrected chi connectivity index (χ2v) is 6.41. The first kappa shape index (κ1) is 15.8. The van der Waals surface area contributed by atoms with Crippen molar-refractivity contribution in [1.82, 2.24) is 0 Å². The zero-order valence-electron chi connectivity index (χ0n) is 12.8. The number of aliphatic imine (C=N–C) groups is 1.